The van der Waals surface area contributed by atoms with Gasteiger partial charge in [-0.1, -0.05) is 0 Å². The van der Waals surface area contributed by atoms with E-state index in [4.69, 9.17) is 5.11 Å². The smallest absolute Gasteiger partial charge is 0.341 e. The molecule has 8 heteroatoms. The van der Waals surface area contributed by atoms with Crippen molar-refractivity contribution in [1.29, 1.82) is 0 Å². The van der Waals surface area contributed by atoms with E-state index in [0.717, 1.165) is 38.3 Å². The Bertz CT molecular complexity index is 889. The predicted molar refractivity (Wildman–Crippen MR) is 89.4 cm³/mol. The molecule has 2 aromatic rings. The lowest BCUT2D eigenvalue weighted by atomic mass is 9.93. The van der Waals surface area contributed by atoms with Crippen LogP contribution in [0.5, 0.6) is 0 Å². The Hall–Kier alpha value is -2.32. The molecule has 5 rings (SSSR count). The van der Waals surface area contributed by atoms with E-state index in [1.165, 1.54) is 6.42 Å². The number of aromatic nitrogens is 2. The Morgan fingerprint density at radius 3 is 2.92 bits per heavy atom. The molecule has 7 nitrogen and oxygen atoms in total. The second-order valence-electron chi connectivity index (χ2n) is 6.73. The van der Waals surface area contributed by atoms with E-state index in [0.29, 0.717) is 24.2 Å². The Morgan fingerprint density at radius 2 is 2.28 bits per heavy atom. The minimum atomic E-state index is -1.35. The summed E-state index contributed by atoms with van der Waals surface area (Å²) in [7, 11) is 0. The first-order valence-corrected chi connectivity index (χ1v) is 8.44. The third-order valence-corrected chi connectivity index (χ3v) is 5.22. The summed E-state index contributed by atoms with van der Waals surface area (Å²) >= 11 is 0. The zero-order valence-electron chi connectivity index (χ0n) is 13.6. The maximum absolute atomic E-state index is 14.4. The summed E-state index contributed by atoms with van der Waals surface area (Å²) in [5.74, 6) is -1.91. The lowest BCUT2D eigenvalue weighted by Crippen LogP contribution is -2.61. The highest BCUT2D eigenvalue weighted by Crippen LogP contribution is 2.22. The maximum atomic E-state index is 14.4. The van der Waals surface area contributed by atoms with E-state index in [-0.39, 0.29) is 11.0 Å². The number of aromatic carboxylic acids is 1. The van der Waals surface area contributed by atoms with Crippen molar-refractivity contribution >= 4 is 17.0 Å². The highest BCUT2D eigenvalue weighted by molar-refractivity contribution is 5.91. The van der Waals surface area contributed by atoms with E-state index in [9.17, 15) is 14.0 Å². The molecule has 3 saturated heterocycles. The second kappa shape index (κ2) is 6.20. The van der Waals surface area contributed by atoms with Crippen LogP contribution in [-0.2, 0) is 6.42 Å². The van der Waals surface area contributed by atoms with Crippen LogP contribution in [0.2, 0.25) is 0 Å². The van der Waals surface area contributed by atoms with Crippen LogP contribution in [0.15, 0.2) is 17.1 Å². The molecule has 25 heavy (non-hydrogen) atoms. The topological polar surface area (TPSA) is 98.3 Å². The lowest BCUT2D eigenvalue weighted by Gasteiger charge is -2.46. The molecular formula is C17H19FN4O3. The van der Waals surface area contributed by atoms with Crippen LogP contribution in [0.25, 0.3) is 11.0 Å². The molecule has 0 aliphatic carbocycles. The number of carboxylic acids is 1. The Morgan fingerprint density at radius 1 is 1.44 bits per heavy atom. The first kappa shape index (κ1) is 16.2. The maximum Gasteiger partial charge on any atom is 0.341 e. The van der Waals surface area contributed by atoms with Gasteiger partial charge in [0, 0.05) is 44.3 Å². The first-order chi connectivity index (χ1) is 12.0. The van der Waals surface area contributed by atoms with Crippen LogP contribution in [0.3, 0.4) is 0 Å². The minimum Gasteiger partial charge on any atom is -0.477 e. The summed E-state index contributed by atoms with van der Waals surface area (Å²) in [6, 6.07) is 2.10. The van der Waals surface area contributed by atoms with Crippen molar-refractivity contribution in [2.24, 2.45) is 0 Å². The third-order valence-electron chi connectivity index (χ3n) is 5.22. The number of H-pyrrole nitrogens is 1. The van der Waals surface area contributed by atoms with Crippen LogP contribution < -0.4 is 10.7 Å². The van der Waals surface area contributed by atoms with Crippen LogP contribution in [0.1, 0.15) is 28.9 Å². The quantitative estimate of drug-likeness (QED) is 0.755. The number of pyridine rings is 2. The van der Waals surface area contributed by atoms with Gasteiger partial charge in [0.25, 0.3) is 0 Å². The third kappa shape index (κ3) is 2.91. The van der Waals surface area contributed by atoms with Crippen molar-refractivity contribution < 1.29 is 14.3 Å². The molecule has 132 valence electrons. The molecule has 2 unspecified atom stereocenters. The highest BCUT2D eigenvalue weighted by Gasteiger charge is 2.33. The fraction of sp³-hybridized carbons (Fsp3) is 0.471. The van der Waals surface area contributed by atoms with Crippen LogP contribution >= 0.6 is 0 Å². The van der Waals surface area contributed by atoms with Gasteiger partial charge in [0.05, 0.1) is 11.1 Å². The average Bonchev–Trinajstić information content (AvgIpc) is 2.61. The molecule has 0 amide bonds. The number of carbonyl (C=O) groups is 1. The molecule has 0 aromatic carbocycles. The zero-order valence-corrected chi connectivity index (χ0v) is 13.6. The van der Waals surface area contributed by atoms with Gasteiger partial charge in [0.15, 0.2) is 0 Å². The summed E-state index contributed by atoms with van der Waals surface area (Å²) in [5.41, 5.74) is -0.634. The summed E-state index contributed by atoms with van der Waals surface area (Å²) in [6.45, 7) is 2.66. The molecule has 0 saturated carbocycles. The number of nitrogens with zero attached hydrogens (tertiary/aromatic N) is 2. The van der Waals surface area contributed by atoms with Gasteiger partial charge in [-0.3, -0.25) is 9.69 Å². The average molecular weight is 346 g/mol. The Balaban J connectivity index is 1.58. The molecule has 3 aliphatic rings. The fourth-order valence-electron chi connectivity index (χ4n) is 3.82. The first-order valence-electron chi connectivity index (χ1n) is 8.44. The van der Waals surface area contributed by atoms with Crippen molar-refractivity contribution in [2.45, 2.75) is 31.3 Å². The monoisotopic (exact) mass is 346 g/mol. The predicted octanol–water partition coefficient (Wildman–Crippen LogP) is 0.739. The van der Waals surface area contributed by atoms with Gasteiger partial charge < -0.3 is 15.4 Å². The number of rotatable bonds is 4. The summed E-state index contributed by atoms with van der Waals surface area (Å²) in [5, 5.41) is 12.4. The van der Waals surface area contributed by atoms with Gasteiger partial charge in [-0.05, 0) is 18.9 Å². The van der Waals surface area contributed by atoms with Gasteiger partial charge in [-0.15, -0.1) is 0 Å². The Labute approximate surface area is 142 Å². The Kier molecular flexibility index (Phi) is 4.01. The van der Waals surface area contributed by atoms with Gasteiger partial charge in [0.1, 0.15) is 17.0 Å². The van der Waals surface area contributed by atoms with Gasteiger partial charge in [0.2, 0.25) is 5.43 Å². The van der Waals surface area contributed by atoms with Crippen LogP contribution in [0.4, 0.5) is 4.39 Å². The van der Waals surface area contributed by atoms with Crippen molar-refractivity contribution in [2.75, 3.05) is 19.6 Å². The van der Waals surface area contributed by atoms with Gasteiger partial charge in [-0.2, -0.15) is 0 Å². The molecule has 3 N–H and O–H groups in total. The highest BCUT2D eigenvalue weighted by atomic mass is 19.1. The normalized spacial score (nSPS) is 23.2. The number of piperidine rings is 2. The van der Waals surface area contributed by atoms with Crippen LogP contribution in [0, 0.1) is 5.82 Å². The van der Waals surface area contributed by atoms with Gasteiger partial charge >= 0.3 is 5.97 Å². The lowest BCUT2D eigenvalue weighted by molar-refractivity contribution is 0.0695. The van der Waals surface area contributed by atoms with E-state index in [1.54, 1.807) is 0 Å². The van der Waals surface area contributed by atoms with Crippen LogP contribution in [-0.4, -0.2) is 57.7 Å². The molecule has 5 heterocycles. The fourth-order valence-corrected chi connectivity index (χ4v) is 3.82. The van der Waals surface area contributed by atoms with Crippen molar-refractivity contribution in [1.82, 2.24) is 20.2 Å². The zero-order chi connectivity index (χ0) is 17.6. The van der Waals surface area contributed by atoms with E-state index >= 15 is 0 Å². The number of hydrogen-bond acceptors (Lipinski definition) is 5. The number of nitrogens with one attached hydrogen (secondary N) is 2. The van der Waals surface area contributed by atoms with Gasteiger partial charge in [-0.25, -0.2) is 14.2 Å². The summed E-state index contributed by atoms with van der Waals surface area (Å²) in [4.78, 5) is 32.4. The number of halogens is 1. The minimum absolute atomic E-state index is 0.0395. The van der Waals surface area contributed by atoms with Crippen molar-refractivity contribution in [3.8, 4) is 0 Å². The molecule has 0 spiro atoms. The van der Waals surface area contributed by atoms with E-state index in [1.807, 2.05) is 0 Å². The molecule has 3 fully saturated rings. The molecule has 2 atom stereocenters. The number of piperazine rings is 1. The summed E-state index contributed by atoms with van der Waals surface area (Å²) < 4.78 is 14.4. The number of fused-ring (bicyclic) bond motifs is 4. The number of carboxylic acid groups (broad SMARTS) is 1. The van der Waals surface area contributed by atoms with Crippen molar-refractivity contribution in [3.05, 3.63) is 39.6 Å². The van der Waals surface area contributed by atoms with E-state index < -0.39 is 22.8 Å². The van der Waals surface area contributed by atoms with Crippen molar-refractivity contribution in [3.63, 3.8) is 0 Å². The molecule has 0 radical (unpaired) electrons. The molecule has 2 bridgehead atoms. The molecule has 3 aliphatic heterocycles. The SMILES string of the molecule is O=C(O)c1c[nH]c2nc(CCN3CC4CCC3CN4)c(F)cc2c1=O. The standard InChI is InChI=1S/C17H19FN4O3/c18-13-5-11-15(23)12(17(24)25)7-20-16(11)21-14(13)3-4-22-8-9-1-2-10(22)6-19-9/h5,7,9-10,19H,1-4,6,8H2,(H,24,25)(H,20,21,23). The number of hydrogen-bond donors (Lipinski definition) is 3. The van der Waals surface area contributed by atoms with E-state index in [2.05, 4.69) is 20.2 Å². The molecule has 2 aromatic heterocycles. The molecular weight excluding hydrogens is 327 g/mol. The largest absolute Gasteiger partial charge is 0.477 e. The number of aromatic amines is 1. The second-order valence-corrected chi connectivity index (χ2v) is 6.73. The summed E-state index contributed by atoms with van der Waals surface area (Å²) in [6.07, 6.45) is 3.91.